The van der Waals surface area contributed by atoms with Crippen LogP contribution in [-0.2, 0) is 14.3 Å². The molecule has 0 saturated carbocycles. The van der Waals surface area contributed by atoms with Crippen LogP contribution in [0.1, 0.15) is 0 Å². The second-order valence-corrected chi connectivity index (χ2v) is 1.56. The van der Waals surface area contributed by atoms with Gasteiger partial charge in [0.1, 0.15) is 6.73 Å². The fraction of sp³-hybridized carbons (Fsp3) is 0.333. The van der Waals surface area contributed by atoms with Crippen molar-refractivity contribution in [3.05, 3.63) is 12.2 Å². The van der Waals surface area contributed by atoms with Gasteiger partial charge in [0.05, 0.1) is 7.11 Å². The van der Waals surface area contributed by atoms with E-state index in [9.17, 15) is 9.59 Å². The number of carbonyl (C=O) groups excluding carboxylic acids is 2. The molecule has 0 heterocycles. The summed E-state index contributed by atoms with van der Waals surface area (Å²) in [7, 11) is 1.20. The molecule has 1 amide bonds. The van der Waals surface area contributed by atoms with Gasteiger partial charge in [0.2, 0.25) is 5.91 Å². The second-order valence-electron chi connectivity index (χ2n) is 1.56. The van der Waals surface area contributed by atoms with E-state index in [-0.39, 0.29) is 0 Å². The van der Waals surface area contributed by atoms with Crippen molar-refractivity contribution < 1.29 is 19.4 Å². The Bertz CT molecular complexity index is 175. The zero-order valence-electron chi connectivity index (χ0n) is 6.03. The molecule has 0 unspecified atom stereocenters. The van der Waals surface area contributed by atoms with E-state index in [4.69, 9.17) is 5.11 Å². The van der Waals surface area contributed by atoms with Crippen molar-refractivity contribution in [1.82, 2.24) is 5.32 Å². The molecule has 0 aromatic rings. The topological polar surface area (TPSA) is 75.6 Å². The van der Waals surface area contributed by atoms with Crippen molar-refractivity contribution >= 4 is 11.9 Å². The summed E-state index contributed by atoms with van der Waals surface area (Å²) < 4.78 is 4.21. The number of amides is 1. The quantitative estimate of drug-likeness (QED) is 0.307. The number of hydrogen-bond donors (Lipinski definition) is 2. The van der Waals surface area contributed by atoms with Gasteiger partial charge in [-0.3, -0.25) is 4.79 Å². The number of aliphatic hydroxyl groups excluding tert-OH is 1. The third-order valence-electron chi connectivity index (χ3n) is 0.825. The van der Waals surface area contributed by atoms with Crippen LogP contribution in [0, 0.1) is 0 Å². The molecule has 5 nitrogen and oxygen atoms in total. The Balaban J connectivity index is 3.73. The van der Waals surface area contributed by atoms with Crippen molar-refractivity contribution in [3.8, 4) is 0 Å². The van der Waals surface area contributed by atoms with Gasteiger partial charge in [0.15, 0.2) is 0 Å². The highest BCUT2D eigenvalue weighted by atomic mass is 16.5. The van der Waals surface area contributed by atoms with Crippen molar-refractivity contribution in [2.75, 3.05) is 13.8 Å². The van der Waals surface area contributed by atoms with Gasteiger partial charge in [0, 0.05) is 12.2 Å². The van der Waals surface area contributed by atoms with E-state index in [1.807, 2.05) is 5.32 Å². The van der Waals surface area contributed by atoms with Crippen LogP contribution in [0.2, 0.25) is 0 Å². The van der Waals surface area contributed by atoms with Gasteiger partial charge in [-0.1, -0.05) is 0 Å². The van der Waals surface area contributed by atoms with Crippen LogP contribution in [0.15, 0.2) is 12.2 Å². The van der Waals surface area contributed by atoms with E-state index >= 15 is 0 Å². The molecule has 0 aliphatic rings. The fourth-order valence-corrected chi connectivity index (χ4v) is 0.349. The van der Waals surface area contributed by atoms with E-state index in [1.165, 1.54) is 7.11 Å². The molecule has 0 aromatic heterocycles. The van der Waals surface area contributed by atoms with Crippen molar-refractivity contribution in [3.63, 3.8) is 0 Å². The van der Waals surface area contributed by atoms with E-state index in [1.54, 1.807) is 0 Å². The molecule has 5 heteroatoms. The number of ether oxygens (including phenoxy) is 1. The Morgan fingerprint density at radius 1 is 1.55 bits per heavy atom. The normalized spacial score (nSPS) is 9.64. The van der Waals surface area contributed by atoms with Crippen LogP contribution in [0.5, 0.6) is 0 Å². The molecule has 62 valence electrons. The maximum atomic E-state index is 10.5. The number of esters is 1. The number of hydrogen-bond acceptors (Lipinski definition) is 4. The van der Waals surface area contributed by atoms with Gasteiger partial charge < -0.3 is 15.2 Å². The van der Waals surface area contributed by atoms with Crippen LogP contribution in [0.25, 0.3) is 0 Å². The summed E-state index contributed by atoms with van der Waals surface area (Å²) in [6.45, 7) is -0.454. The van der Waals surface area contributed by atoms with Crippen LogP contribution in [0.4, 0.5) is 0 Å². The molecule has 0 aliphatic heterocycles. The highest BCUT2D eigenvalue weighted by Crippen LogP contribution is 1.77. The number of carbonyl (C=O) groups is 2. The number of nitrogens with one attached hydrogen (secondary N) is 1. The molecule has 11 heavy (non-hydrogen) atoms. The minimum Gasteiger partial charge on any atom is -0.466 e. The monoisotopic (exact) mass is 159 g/mol. The minimum absolute atomic E-state index is 0.454. The lowest BCUT2D eigenvalue weighted by Crippen LogP contribution is -2.21. The summed E-state index contributed by atoms with van der Waals surface area (Å²) in [5.74, 6) is -1.16. The first-order chi connectivity index (χ1) is 5.20. The predicted octanol–water partition coefficient (Wildman–Crippen LogP) is -1.22. The average Bonchev–Trinajstić information content (AvgIpc) is 2.01. The first kappa shape index (κ1) is 9.64. The molecule has 2 N–H and O–H groups in total. The minimum atomic E-state index is -0.613. The van der Waals surface area contributed by atoms with E-state index in [0.717, 1.165) is 12.2 Å². The summed E-state index contributed by atoms with van der Waals surface area (Å²) in [6, 6.07) is 0. The SMILES string of the molecule is COC(=O)/C=C\C(=O)NCO. The predicted molar refractivity (Wildman–Crippen MR) is 36.4 cm³/mol. The summed E-state index contributed by atoms with van der Waals surface area (Å²) in [6.07, 6.45) is 1.94. The number of methoxy groups -OCH3 is 1. The standard InChI is InChI=1S/C6H9NO4/c1-11-6(10)3-2-5(9)7-4-8/h2-3,8H,4H2,1H3,(H,7,9)/b3-2-. The van der Waals surface area contributed by atoms with E-state index < -0.39 is 18.6 Å². The lowest BCUT2D eigenvalue weighted by Gasteiger charge is -1.93. The maximum absolute atomic E-state index is 10.5. The average molecular weight is 159 g/mol. The first-order valence-electron chi connectivity index (χ1n) is 2.85. The Kier molecular flexibility index (Phi) is 4.76. The Morgan fingerprint density at radius 2 is 2.18 bits per heavy atom. The molecule has 0 aromatic carbocycles. The Hall–Kier alpha value is -1.36. The van der Waals surface area contributed by atoms with Crippen molar-refractivity contribution in [2.45, 2.75) is 0 Å². The maximum Gasteiger partial charge on any atom is 0.330 e. The van der Waals surface area contributed by atoms with Gasteiger partial charge in [-0.2, -0.15) is 0 Å². The number of aliphatic hydroxyl groups is 1. The Morgan fingerprint density at radius 3 is 2.64 bits per heavy atom. The molecule has 0 saturated heterocycles. The summed E-state index contributed by atoms with van der Waals surface area (Å²) in [5, 5.41) is 10.2. The second kappa shape index (κ2) is 5.43. The van der Waals surface area contributed by atoms with E-state index in [2.05, 4.69) is 4.74 Å². The number of rotatable bonds is 3. The highest BCUT2D eigenvalue weighted by Gasteiger charge is 1.94. The van der Waals surface area contributed by atoms with Gasteiger partial charge in [-0.25, -0.2) is 4.79 Å². The first-order valence-corrected chi connectivity index (χ1v) is 2.85. The highest BCUT2D eigenvalue weighted by molar-refractivity contribution is 5.94. The van der Waals surface area contributed by atoms with Crippen molar-refractivity contribution in [2.24, 2.45) is 0 Å². The van der Waals surface area contributed by atoms with Crippen LogP contribution in [0.3, 0.4) is 0 Å². The summed E-state index contributed by atoms with van der Waals surface area (Å²) in [4.78, 5) is 20.9. The molecule has 0 radical (unpaired) electrons. The van der Waals surface area contributed by atoms with E-state index in [0.29, 0.717) is 0 Å². The molecule has 0 rings (SSSR count). The molecule has 0 spiro atoms. The Labute approximate surface area is 63.7 Å². The molecule has 0 bridgehead atoms. The van der Waals surface area contributed by atoms with Gasteiger partial charge in [0.25, 0.3) is 0 Å². The summed E-state index contributed by atoms with van der Waals surface area (Å²) >= 11 is 0. The van der Waals surface area contributed by atoms with Crippen LogP contribution in [-0.4, -0.2) is 30.8 Å². The van der Waals surface area contributed by atoms with Gasteiger partial charge in [-0.05, 0) is 0 Å². The third-order valence-corrected chi connectivity index (χ3v) is 0.825. The molecular formula is C6H9NO4. The molecule has 0 aliphatic carbocycles. The zero-order valence-corrected chi connectivity index (χ0v) is 6.03. The lowest BCUT2D eigenvalue weighted by atomic mass is 10.5. The molecular weight excluding hydrogens is 150 g/mol. The smallest absolute Gasteiger partial charge is 0.330 e. The summed E-state index contributed by atoms with van der Waals surface area (Å²) in [5.41, 5.74) is 0. The molecule has 0 atom stereocenters. The largest absolute Gasteiger partial charge is 0.466 e. The third kappa shape index (κ3) is 5.10. The van der Waals surface area contributed by atoms with Crippen molar-refractivity contribution in [1.29, 1.82) is 0 Å². The zero-order chi connectivity index (χ0) is 8.69. The van der Waals surface area contributed by atoms with Crippen LogP contribution < -0.4 is 5.32 Å². The van der Waals surface area contributed by atoms with Crippen LogP contribution >= 0.6 is 0 Å². The van der Waals surface area contributed by atoms with Gasteiger partial charge in [-0.15, -0.1) is 0 Å². The van der Waals surface area contributed by atoms with Gasteiger partial charge >= 0.3 is 5.97 Å². The fourth-order valence-electron chi connectivity index (χ4n) is 0.349. The lowest BCUT2D eigenvalue weighted by molar-refractivity contribution is -0.135. The molecule has 0 fully saturated rings.